The zero-order valence-electron chi connectivity index (χ0n) is 10.7. The Kier molecular flexibility index (Phi) is 4.44. The Morgan fingerprint density at radius 2 is 2.05 bits per heavy atom. The molecule has 1 amide bonds. The third-order valence-corrected chi connectivity index (χ3v) is 2.60. The molecule has 0 saturated heterocycles. The molecule has 98 valence electrons. The van der Waals surface area contributed by atoms with E-state index in [9.17, 15) is 4.79 Å². The maximum atomic E-state index is 11.8. The van der Waals surface area contributed by atoms with Gasteiger partial charge in [0.25, 0.3) is 0 Å². The van der Waals surface area contributed by atoms with Crippen LogP contribution in [0.5, 0.6) is 5.88 Å². The highest BCUT2D eigenvalue weighted by Crippen LogP contribution is 2.11. The minimum absolute atomic E-state index is 0.0791. The van der Waals surface area contributed by atoms with Gasteiger partial charge in [-0.25, -0.2) is 9.97 Å². The second kappa shape index (κ2) is 6.49. The molecule has 0 spiro atoms. The van der Waals surface area contributed by atoms with Crippen LogP contribution in [0.25, 0.3) is 0 Å². The van der Waals surface area contributed by atoms with E-state index in [2.05, 4.69) is 15.3 Å². The van der Waals surface area contributed by atoms with Crippen LogP contribution in [0.15, 0.2) is 42.7 Å². The van der Waals surface area contributed by atoms with Crippen molar-refractivity contribution in [2.75, 3.05) is 12.4 Å². The second-order valence-corrected chi connectivity index (χ2v) is 3.98. The van der Waals surface area contributed by atoms with Crippen LogP contribution in [0, 0.1) is 0 Å². The Labute approximate surface area is 111 Å². The van der Waals surface area contributed by atoms with Crippen LogP contribution in [0.3, 0.4) is 0 Å². The zero-order chi connectivity index (χ0) is 13.5. The van der Waals surface area contributed by atoms with Crippen molar-refractivity contribution in [1.29, 1.82) is 0 Å². The molecule has 5 heteroatoms. The number of nitrogens with one attached hydrogen (secondary N) is 1. The smallest absolute Gasteiger partial charge is 0.225 e. The van der Waals surface area contributed by atoms with Gasteiger partial charge in [0.05, 0.1) is 7.11 Å². The molecule has 1 aromatic carbocycles. The molecule has 1 aromatic heterocycles. The molecule has 0 bridgehead atoms. The lowest BCUT2D eigenvalue weighted by Crippen LogP contribution is -2.13. The summed E-state index contributed by atoms with van der Waals surface area (Å²) in [6, 6.07) is 11.5. The van der Waals surface area contributed by atoms with Crippen LogP contribution in [0.1, 0.15) is 12.0 Å². The van der Waals surface area contributed by atoms with E-state index in [0.717, 1.165) is 5.56 Å². The first kappa shape index (κ1) is 13.0. The Morgan fingerprint density at radius 1 is 1.26 bits per heavy atom. The van der Waals surface area contributed by atoms with Gasteiger partial charge in [-0.1, -0.05) is 30.3 Å². The maximum absolute atomic E-state index is 11.8. The number of ether oxygens (including phenoxy) is 1. The van der Waals surface area contributed by atoms with Crippen molar-refractivity contribution in [2.45, 2.75) is 12.8 Å². The number of rotatable bonds is 5. The van der Waals surface area contributed by atoms with Gasteiger partial charge in [0.1, 0.15) is 12.1 Å². The fourth-order valence-corrected chi connectivity index (χ4v) is 1.63. The lowest BCUT2D eigenvalue weighted by Gasteiger charge is -2.05. The Hall–Kier alpha value is -2.43. The minimum atomic E-state index is -0.0791. The molecule has 0 aliphatic heterocycles. The SMILES string of the molecule is COc1cc(NC(=O)CCc2ccccc2)ncn1. The van der Waals surface area contributed by atoms with Gasteiger partial charge in [-0.3, -0.25) is 4.79 Å². The fraction of sp³-hybridized carbons (Fsp3) is 0.214. The highest BCUT2D eigenvalue weighted by molar-refractivity contribution is 5.89. The normalized spacial score (nSPS) is 9.95. The van der Waals surface area contributed by atoms with Crippen LogP contribution in [0.4, 0.5) is 5.82 Å². The average molecular weight is 257 g/mol. The van der Waals surface area contributed by atoms with E-state index in [1.807, 2.05) is 30.3 Å². The van der Waals surface area contributed by atoms with Crippen LogP contribution < -0.4 is 10.1 Å². The van der Waals surface area contributed by atoms with Crippen LogP contribution in [-0.2, 0) is 11.2 Å². The Morgan fingerprint density at radius 3 is 2.79 bits per heavy atom. The molecule has 5 nitrogen and oxygen atoms in total. The lowest BCUT2D eigenvalue weighted by molar-refractivity contribution is -0.116. The highest BCUT2D eigenvalue weighted by atomic mass is 16.5. The van der Waals surface area contributed by atoms with Gasteiger partial charge in [-0.15, -0.1) is 0 Å². The first-order valence-corrected chi connectivity index (χ1v) is 5.98. The van der Waals surface area contributed by atoms with Gasteiger partial charge in [0, 0.05) is 12.5 Å². The number of hydrogen-bond acceptors (Lipinski definition) is 4. The quantitative estimate of drug-likeness (QED) is 0.890. The number of amides is 1. The summed E-state index contributed by atoms with van der Waals surface area (Å²) >= 11 is 0. The predicted octanol–water partition coefficient (Wildman–Crippen LogP) is 2.06. The number of benzene rings is 1. The summed E-state index contributed by atoms with van der Waals surface area (Å²) in [4.78, 5) is 19.6. The van der Waals surface area contributed by atoms with Crippen molar-refractivity contribution in [2.24, 2.45) is 0 Å². The molecule has 0 unspecified atom stereocenters. The number of aromatic nitrogens is 2. The number of carbonyl (C=O) groups is 1. The number of hydrogen-bond donors (Lipinski definition) is 1. The van der Waals surface area contributed by atoms with Crippen LogP contribution in [-0.4, -0.2) is 23.0 Å². The van der Waals surface area contributed by atoms with Gasteiger partial charge in [-0.05, 0) is 12.0 Å². The van der Waals surface area contributed by atoms with Gasteiger partial charge >= 0.3 is 0 Å². The summed E-state index contributed by atoms with van der Waals surface area (Å²) in [5.74, 6) is 0.794. The Balaban J connectivity index is 1.87. The van der Waals surface area contributed by atoms with Gasteiger partial charge in [0.15, 0.2) is 0 Å². The number of methoxy groups -OCH3 is 1. The Bertz CT molecular complexity index is 543. The van der Waals surface area contributed by atoms with Gasteiger partial charge in [-0.2, -0.15) is 0 Å². The van der Waals surface area contributed by atoms with E-state index in [1.54, 1.807) is 6.07 Å². The summed E-state index contributed by atoms with van der Waals surface area (Å²) in [6.45, 7) is 0. The van der Waals surface area contributed by atoms with E-state index in [1.165, 1.54) is 13.4 Å². The van der Waals surface area contributed by atoms with E-state index >= 15 is 0 Å². The summed E-state index contributed by atoms with van der Waals surface area (Å²) in [5.41, 5.74) is 1.14. The summed E-state index contributed by atoms with van der Waals surface area (Å²) < 4.78 is 4.96. The van der Waals surface area contributed by atoms with Crippen LogP contribution >= 0.6 is 0 Å². The van der Waals surface area contributed by atoms with E-state index < -0.39 is 0 Å². The lowest BCUT2D eigenvalue weighted by atomic mass is 10.1. The van der Waals surface area contributed by atoms with Crippen molar-refractivity contribution in [3.8, 4) is 5.88 Å². The molecule has 1 heterocycles. The summed E-state index contributed by atoms with van der Waals surface area (Å²) in [7, 11) is 1.52. The number of anilines is 1. The van der Waals surface area contributed by atoms with Crippen molar-refractivity contribution in [3.63, 3.8) is 0 Å². The molecule has 2 aromatic rings. The first-order valence-electron chi connectivity index (χ1n) is 5.98. The van der Waals surface area contributed by atoms with Gasteiger partial charge < -0.3 is 10.1 Å². The molecule has 0 radical (unpaired) electrons. The highest BCUT2D eigenvalue weighted by Gasteiger charge is 2.05. The number of nitrogens with zero attached hydrogens (tertiary/aromatic N) is 2. The molecule has 0 aliphatic carbocycles. The fourth-order valence-electron chi connectivity index (χ4n) is 1.63. The third kappa shape index (κ3) is 4.06. The van der Waals surface area contributed by atoms with E-state index in [-0.39, 0.29) is 5.91 Å². The van der Waals surface area contributed by atoms with Crippen molar-refractivity contribution < 1.29 is 9.53 Å². The monoisotopic (exact) mass is 257 g/mol. The van der Waals surface area contributed by atoms with Crippen molar-refractivity contribution in [1.82, 2.24) is 9.97 Å². The van der Waals surface area contributed by atoms with Crippen molar-refractivity contribution in [3.05, 3.63) is 48.3 Å². The molecular formula is C14H15N3O2. The van der Waals surface area contributed by atoms with Crippen LogP contribution in [0.2, 0.25) is 0 Å². The molecule has 0 atom stereocenters. The maximum Gasteiger partial charge on any atom is 0.225 e. The predicted molar refractivity (Wildman–Crippen MR) is 72.0 cm³/mol. The van der Waals surface area contributed by atoms with Crippen molar-refractivity contribution >= 4 is 11.7 Å². The third-order valence-electron chi connectivity index (χ3n) is 2.60. The van der Waals surface area contributed by atoms with E-state index in [0.29, 0.717) is 24.5 Å². The molecule has 0 aliphatic rings. The molecule has 0 saturated carbocycles. The second-order valence-electron chi connectivity index (χ2n) is 3.98. The summed E-state index contributed by atoms with van der Waals surface area (Å²) in [6.07, 6.45) is 2.47. The molecule has 2 rings (SSSR count). The number of aryl methyl sites for hydroxylation is 1. The molecular weight excluding hydrogens is 242 g/mol. The molecule has 19 heavy (non-hydrogen) atoms. The number of carbonyl (C=O) groups excluding carboxylic acids is 1. The standard InChI is InChI=1S/C14H15N3O2/c1-19-14-9-12(15-10-16-14)17-13(18)8-7-11-5-3-2-4-6-11/h2-6,9-10H,7-8H2,1H3,(H,15,16,17,18). The topological polar surface area (TPSA) is 64.1 Å². The summed E-state index contributed by atoms with van der Waals surface area (Å²) in [5, 5.41) is 2.72. The largest absolute Gasteiger partial charge is 0.481 e. The zero-order valence-corrected chi connectivity index (χ0v) is 10.7. The first-order chi connectivity index (χ1) is 9.28. The van der Waals surface area contributed by atoms with E-state index in [4.69, 9.17) is 4.74 Å². The van der Waals surface area contributed by atoms with Gasteiger partial charge in [0.2, 0.25) is 11.8 Å². The molecule has 0 fully saturated rings. The minimum Gasteiger partial charge on any atom is -0.481 e. The molecule has 1 N–H and O–H groups in total. The average Bonchev–Trinajstić information content (AvgIpc) is 2.46.